The summed E-state index contributed by atoms with van der Waals surface area (Å²) in [6.45, 7) is 3.74. The van der Waals surface area contributed by atoms with Gasteiger partial charge in [0.1, 0.15) is 0 Å². The van der Waals surface area contributed by atoms with Gasteiger partial charge < -0.3 is 19.5 Å². The summed E-state index contributed by atoms with van der Waals surface area (Å²) in [5.74, 6) is 1.03. The highest BCUT2D eigenvalue weighted by molar-refractivity contribution is 7.10. The number of carbonyl (C=O) groups is 1. The van der Waals surface area contributed by atoms with Crippen molar-refractivity contribution in [2.75, 3.05) is 47.1 Å². The second kappa shape index (κ2) is 9.02. The fourth-order valence-corrected chi connectivity index (χ4v) is 3.91. The number of ether oxygens (including phenoxy) is 3. The first-order valence-corrected chi connectivity index (χ1v) is 9.46. The minimum atomic E-state index is -0.124. The highest BCUT2D eigenvalue weighted by Gasteiger charge is 2.24. The molecule has 3 rings (SSSR count). The van der Waals surface area contributed by atoms with Crippen molar-refractivity contribution >= 4 is 17.2 Å². The van der Waals surface area contributed by atoms with E-state index in [1.807, 2.05) is 6.07 Å². The Kier molecular flexibility index (Phi) is 6.49. The van der Waals surface area contributed by atoms with Crippen LogP contribution in [0.3, 0.4) is 0 Å². The van der Waals surface area contributed by atoms with Gasteiger partial charge >= 0.3 is 0 Å². The number of rotatable bonds is 7. The first-order valence-electron chi connectivity index (χ1n) is 8.58. The number of amides is 1. The molecule has 1 amide bonds. The zero-order valence-electron chi connectivity index (χ0n) is 15.1. The van der Waals surface area contributed by atoms with Gasteiger partial charge in [0.25, 0.3) is 5.91 Å². The van der Waals surface area contributed by atoms with Crippen LogP contribution in [0.4, 0.5) is 0 Å². The van der Waals surface area contributed by atoms with E-state index < -0.39 is 0 Å². The Labute approximate surface area is 157 Å². The predicted octanol–water partition coefficient (Wildman–Crippen LogP) is 2.57. The third-order valence-corrected chi connectivity index (χ3v) is 5.43. The molecule has 26 heavy (non-hydrogen) atoms. The maximum atomic E-state index is 12.6. The Morgan fingerprint density at radius 2 is 2.00 bits per heavy atom. The number of hydrogen-bond donors (Lipinski definition) is 1. The lowest BCUT2D eigenvalue weighted by atomic mass is 10.1. The van der Waals surface area contributed by atoms with Gasteiger partial charge in [-0.2, -0.15) is 0 Å². The highest BCUT2D eigenvalue weighted by Crippen LogP contribution is 2.28. The molecule has 1 saturated heterocycles. The average Bonchev–Trinajstić information content (AvgIpc) is 3.22. The number of hydrogen-bond acceptors (Lipinski definition) is 6. The molecule has 2 aromatic rings. The van der Waals surface area contributed by atoms with Gasteiger partial charge in [-0.15, -0.1) is 11.3 Å². The largest absolute Gasteiger partial charge is 0.493 e. The number of nitrogens with zero attached hydrogens (tertiary/aromatic N) is 1. The summed E-state index contributed by atoms with van der Waals surface area (Å²) in [7, 11) is 3.14. The second-order valence-corrected chi connectivity index (χ2v) is 6.94. The molecule has 0 saturated carbocycles. The smallest absolute Gasteiger partial charge is 0.251 e. The number of nitrogens with one attached hydrogen (secondary N) is 1. The quantitative estimate of drug-likeness (QED) is 0.805. The van der Waals surface area contributed by atoms with Crippen molar-refractivity contribution in [2.45, 2.75) is 6.04 Å². The van der Waals surface area contributed by atoms with Gasteiger partial charge in [-0.05, 0) is 29.6 Å². The average molecular weight is 376 g/mol. The molecule has 1 aliphatic heterocycles. The van der Waals surface area contributed by atoms with E-state index in [4.69, 9.17) is 14.2 Å². The minimum absolute atomic E-state index is 0.124. The Morgan fingerprint density at radius 1 is 1.23 bits per heavy atom. The zero-order chi connectivity index (χ0) is 18.4. The molecule has 0 spiro atoms. The summed E-state index contributed by atoms with van der Waals surface area (Å²) in [5.41, 5.74) is 0.551. The van der Waals surface area contributed by atoms with Crippen LogP contribution in [0.2, 0.25) is 0 Å². The maximum absolute atomic E-state index is 12.6. The van der Waals surface area contributed by atoms with Crippen LogP contribution in [-0.2, 0) is 4.74 Å². The van der Waals surface area contributed by atoms with Gasteiger partial charge in [-0.3, -0.25) is 9.69 Å². The van der Waals surface area contributed by atoms with Crippen molar-refractivity contribution < 1.29 is 19.0 Å². The van der Waals surface area contributed by atoms with Crippen LogP contribution < -0.4 is 14.8 Å². The van der Waals surface area contributed by atoms with E-state index in [0.29, 0.717) is 23.6 Å². The predicted molar refractivity (Wildman–Crippen MR) is 101 cm³/mol. The summed E-state index contributed by atoms with van der Waals surface area (Å²) in [6, 6.07) is 9.50. The molecule has 1 N–H and O–H groups in total. The molecular weight excluding hydrogens is 352 g/mol. The van der Waals surface area contributed by atoms with Gasteiger partial charge in [0, 0.05) is 30.1 Å². The molecule has 0 bridgehead atoms. The number of carbonyl (C=O) groups excluding carboxylic acids is 1. The van der Waals surface area contributed by atoms with Gasteiger partial charge in [0.2, 0.25) is 0 Å². The molecule has 1 fully saturated rings. The van der Waals surface area contributed by atoms with Gasteiger partial charge in [-0.1, -0.05) is 6.07 Å². The molecule has 1 atom stereocenters. The van der Waals surface area contributed by atoms with Crippen LogP contribution in [0, 0.1) is 0 Å². The summed E-state index contributed by atoms with van der Waals surface area (Å²) >= 11 is 1.71. The third-order valence-electron chi connectivity index (χ3n) is 4.46. The lowest BCUT2D eigenvalue weighted by Crippen LogP contribution is -2.43. The van der Waals surface area contributed by atoms with Crippen molar-refractivity contribution in [1.29, 1.82) is 0 Å². The normalized spacial score (nSPS) is 16.1. The molecule has 0 radical (unpaired) electrons. The van der Waals surface area contributed by atoms with Crippen LogP contribution in [0.5, 0.6) is 11.5 Å². The summed E-state index contributed by atoms with van der Waals surface area (Å²) in [5, 5.41) is 5.13. The Bertz CT molecular complexity index is 714. The summed E-state index contributed by atoms with van der Waals surface area (Å²) in [6.07, 6.45) is 0. The molecule has 1 aromatic carbocycles. The Hall–Kier alpha value is -2.09. The Balaban J connectivity index is 1.69. The van der Waals surface area contributed by atoms with Crippen LogP contribution in [-0.4, -0.2) is 57.9 Å². The minimum Gasteiger partial charge on any atom is -0.493 e. The molecule has 7 heteroatoms. The first-order chi connectivity index (χ1) is 12.7. The Morgan fingerprint density at radius 3 is 2.65 bits per heavy atom. The molecule has 0 aliphatic carbocycles. The number of benzene rings is 1. The lowest BCUT2D eigenvalue weighted by Gasteiger charge is -2.34. The number of morpholine rings is 1. The SMILES string of the molecule is COc1ccc(C(=O)NC[C@H](c2cccs2)N2CCOCC2)cc1OC. The highest BCUT2D eigenvalue weighted by atomic mass is 32.1. The van der Waals surface area contributed by atoms with Crippen molar-refractivity contribution in [3.8, 4) is 11.5 Å². The molecular formula is C19H24N2O4S. The van der Waals surface area contributed by atoms with Gasteiger partial charge in [-0.25, -0.2) is 0 Å². The maximum Gasteiger partial charge on any atom is 0.251 e. The second-order valence-electron chi connectivity index (χ2n) is 5.96. The number of thiophene rings is 1. The summed E-state index contributed by atoms with van der Waals surface area (Å²) < 4.78 is 16.0. The van der Waals surface area contributed by atoms with Crippen LogP contribution in [0.25, 0.3) is 0 Å². The van der Waals surface area contributed by atoms with Crippen LogP contribution >= 0.6 is 11.3 Å². The molecule has 6 nitrogen and oxygen atoms in total. The lowest BCUT2D eigenvalue weighted by molar-refractivity contribution is 0.0169. The fraction of sp³-hybridized carbons (Fsp3) is 0.421. The molecule has 0 unspecified atom stereocenters. The van der Waals surface area contributed by atoms with E-state index in [-0.39, 0.29) is 11.9 Å². The van der Waals surface area contributed by atoms with Gasteiger partial charge in [0.15, 0.2) is 11.5 Å². The van der Waals surface area contributed by atoms with E-state index >= 15 is 0 Å². The standard InChI is InChI=1S/C19H24N2O4S/c1-23-16-6-5-14(12-17(16)24-2)19(22)20-13-15(18-4-3-11-26-18)21-7-9-25-10-8-21/h3-6,11-12,15H,7-10,13H2,1-2H3,(H,20,22)/t15-/m1/s1. The van der Waals surface area contributed by atoms with E-state index in [0.717, 1.165) is 26.3 Å². The summed E-state index contributed by atoms with van der Waals surface area (Å²) in [4.78, 5) is 16.2. The monoisotopic (exact) mass is 376 g/mol. The van der Waals surface area contributed by atoms with Crippen molar-refractivity contribution in [3.63, 3.8) is 0 Å². The van der Waals surface area contributed by atoms with Crippen molar-refractivity contribution in [2.24, 2.45) is 0 Å². The van der Waals surface area contributed by atoms with E-state index in [9.17, 15) is 4.79 Å². The first kappa shape index (κ1) is 18.7. The van der Waals surface area contributed by atoms with Crippen molar-refractivity contribution in [3.05, 3.63) is 46.2 Å². The van der Waals surface area contributed by atoms with E-state index in [2.05, 4.69) is 21.7 Å². The molecule has 1 aromatic heterocycles. The fourth-order valence-electron chi connectivity index (χ4n) is 3.05. The molecule has 140 valence electrons. The van der Waals surface area contributed by atoms with E-state index in [1.54, 1.807) is 43.8 Å². The van der Waals surface area contributed by atoms with Crippen LogP contribution in [0.1, 0.15) is 21.3 Å². The number of methoxy groups -OCH3 is 2. The van der Waals surface area contributed by atoms with E-state index in [1.165, 1.54) is 4.88 Å². The van der Waals surface area contributed by atoms with Crippen molar-refractivity contribution in [1.82, 2.24) is 10.2 Å². The third kappa shape index (κ3) is 4.35. The topological polar surface area (TPSA) is 60.0 Å². The van der Waals surface area contributed by atoms with Gasteiger partial charge in [0.05, 0.1) is 33.5 Å². The molecule has 1 aliphatic rings. The molecule has 2 heterocycles. The van der Waals surface area contributed by atoms with Crippen LogP contribution in [0.15, 0.2) is 35.7 Å². The zero-order valence-corrected chi connectivity index (χ0v) is 15.9.